The summed E-state index contributed by atoms with van der Waals surface area (Å²) in [7, 11) is 1.72. The number of hydrogen-bond donors (Lipinski definition) is 0. The Balaban J connectivity index is 3.68. The van der Waals surface area contributed by atoms with Gasteiger partial charge in [0.05, 0.1) is 17.6 Å². The van der Waals surface area contributed by atoms with E-state index in [-0.39, 0.29) is 0 Å². The van der Waals surface area contributed by atoms with Crippen LogP contribution in [0.25, 0.3) is 0 Å². The lowest BCUT2D eigenvalue weighted by Gasteiger charge is -2.08. The molecule has 0 bridgehead atoms. The Morgan fingerprint density at radius 2 is 2.00 bits per heavy atom. The average molecular weight is 302 g/mol. The van der Waals surface area contributed by atoms with Gasteiger partial charge in [-0.3, -0.25) is 10.1 Å². The highest BCUT2D eigenvalue weighted by atomic mass is 35.7. The van der Waals surface area contributed by atoms with Gasteiger partial charge in [0.15, 0.2) is 0 Å². The number of nitrogens with zero attached hydrogens (tertiary/aromatic N) is 1. The molecule has 1 aromatic carbocycles. The first-order chi connectivity index (χ1) is 8.18. The van der Waals surface area contributed by atoms with Crippen LogP contribution in [0.1, 0.15) is 12.0 Å². The molecule has 1 aromatic rings. The number of halogens is 3. The van der Waals surface area contributed by atoms with Crippen molar-refractivity contribution in [3.05, 3.63) is 27.8 Å². The summed E-state index contributed by atoms with van der Waals surface area (Å²) in [5.74, 6) is -0.481. The van der Waals surface area contributed by atoms with Crippen LogP contribution in [0.3, 0.4) is 0 Å². The van der Waals surface area contributed by atoms with Crippen molar-refractivity contribution in [3.63, 3.8) is 0 Å². The topological polar surface area (TPSA) is 86.5 Å². The third kappa shape index (κ3) is 2.85. The highest BCUT2D eigenvalue weighted by molar-refractivity contribution is 8.13. The van der Waals surface area contributed by atoms with Crippen molar-refractivity contribution in [2.75, 3.05) is 7.11 Å². The zero-order valence-electron chi connectivity index (χ0n) is 8.76. The smallest absolute Gasteiger partial charge is 0.279 e. The molecule has 18 heavy (non-hydrogen) atoms. The molecule has 100 valence electrons. The SMILES string of the molecule is COc1cc(C(F)F)c([N+](=O)[O-])cc1S(=O)(=O)Cl. The first-order valence-electron chi connectivity index (χ1n) is 4.27. The number of ether oxygens (including phenoxy) is 1. The predicted molar refractivity (Wildman–Crippen MR) is 57.6 cm³/mol. The van der Waals surface area contributed by atoms with E-state index < -0.39 is 42.3 Å². The Hall–Kier alpha value is -1.48. The zero-order valence-corrected chi connectivity index (χ0v) is 10.3. The minimum atomic E-state index is -4.35. The van der Waals surface area contributed by atoms with Crippen LogP contribution in [0, 0.1) is 10.1 Å². The Morgan fingerprint density at radius 1 is 1.44 bits per heavy atom. The molecular weight excluding hydrogens is 296 g/mol. The van der Waals surface area contributed by atoms with Gasteiger partial charge in [-0.2, -0.15) is 0 Å². The summed E-state index contributed by atoms with van der Waals surface area (Å²) in [5, 5.41) is 10.6. The van der Waals surface area contributed by atoms with Crippen LogP contribution >= 0.6 is 10.7 Å². The zero-order chi connectivity index (χ0) is 14.1. The molecule has 10 heteroatoms. The fraction of sp³-hybridized carbons (Fsp3) is 0.250. The van der Waals surface area contributed by atoms with Gasteiger partial charge in [-0.05, 0) is 6.07 Å². The molecule has 0 radical (unpaired) electrons. The predicted octanol–water partition coefficient (Wildman–Crippen LogP) is 2.47. The second kappa shape index (κ2) is 5.02. The second-order valence-corrected chi connectivity index (χ2v) is 5.59. The largest absolute Gasteiger partial charge is 0.495 e. The molecule has 0 atom stereocenters. The highest BCUT2D eigenvalue weighted by Gasteiger charge is 2.28. The van der Waals surface area contributed by atoms with Crippen molar-refractivity contribution in [3.8, 4) is 5.75 Å². The quantitative estimate of drug-likeness (QED) is 0.484. The number of methoxy groups -OCH3 is 1. The van der Waals surface area contributed by atoms with E-state index in [1.54, 1.807) is 0 Å². The minimum Gasteiger partial charge on any atom is -0.495 e. The number of nitro benzene ring substituents is 1. The third-order valence-corrected chi connectivity index (χ3v) is 3.35. The van der Waals surface area contributed by atoms with E-state index in [1.807, 2.05) is 0 Å². The Kier molecular flexibility index (Phi) is 4.07. The molecule has 0 aromatic heterocycles. The van der Waals surface area contributed by atoms with Crippen molar-refractivity contribution in [1.29, 1.82) is 0 Å². The minimum absolute atomic E-state index is 0.447. The fourth-order valence-corrected chi connectivity index (χ4v) is 2.24. The van der Waals surface area contributed by atoms with Crippen LogP contribution in [0.15, 0.2) is 17.0 Å². The molecule has 0 N–H and O–H groups in total. The van der Waals surface area contributed by atoms with Crippen LogP contribution in [0.5, 0.6) is 5.75 Å². The van der Waals surface area contributed by atoms with Gasteiger partial charge < -0.3 is 4.74 Å². The van der Waals surface area contributed by atoms with Crippen LogP contribution in [0.4, 0.5) is 14.5 Å². The van der Waals surface area contributed by atoms with Gasteiger partial charge in [0.2, 0.25) is 0 Å². The number of benzene rings is 1. The van der Waals surface area contributed by atoms with E-state index >= 15 is 0 Å². The van der Waals surface area contributed by atoms with E-state index in [0.29, 0.717) is 12.1 Å². The molecule has 0 saturated carbocycles. The molecule has 6 nitrogen and oxygen atoms in total. The van der Waals surface area contributed by atoms with Crippen LogP contribution in [-0.4, -0.2) is 20.5 Å². The van der Waals surface area contributed by atoms with Gasteiger partial charge in [0, 0.05) is 16.7 Å². The van der Waals surface area contributed by atoms with Crippen molar-refractivity contribution >= 4 is 25.4 Å². The monoisotopic (exact) mass is 301 g/mol. The van der Waals surface area contributed by atoms with Gasteiger partial charge in [0.25, 0.3) is 21.2 Å². The molecule has 0 spiro atoms. The number of alkyl halides is 2. The normalized spacial score (nSPS) is 11.6. The van der Waals surface area contributed by atoms with Crippen molar-refractivity contribution < 1.29 is 26.9 Å². The van der Waals surface area contributed by atoms with Crippen molar-refractivity contribution in [2.45, 2.75) is 11.3 Å². The van der Waals surface area contributed by atoms with Crippen LogP contribution in [0.2, 0.25) is 0 Å². The molecule has 0 unspecified atom stereocenters. The van der Waals surface area contributed by atoms with Gasteiger partial charge in [-0.1, -0.05) is 0 Å². The molecule has 0 fully saturated rings. The van der Waals surface area contributed by atoms with Gasteiger partial charge >= 0.3 is 0 Å². The average Bonchev–Trinajstić information content (AvgIpc) is 2.25. The molecule has 0 saturated heterocycles. The molecule has 0 heterocycles. The summed E-state index contributed by atoms with van der Waals surface area (Å²) in [4.78, 5) is 8.75. The lowest BCUT2D eigenvalue weighted by molar-refractivity contribution is -0.386. The van der Waals surface area contributed by atoms with E-state index in [2.05, 4.69) is 4.74 Å². The first-order valence-corrected chi connectivity index (χ1v) is 6.58. The maximum absolute atomic E-state index is 12.6. The Labute approximate surface area is 105 Å². The highest BCUT2D eigenvalue weighted by Crippen LogP contribution is 2.37. The summed E-state index contributed by atoms with van der Waals surface area (Å²) in [6.07, 6.45) is -3.15. The number of rotatable bonds is 4. The van der Waals surface area contributed by atoms with E-state index in [0.717, 1.165) is 7.11 Å². The standard InChI is InChI=1S/C8H6ClF2NO5S/c1-17-6-2-4(8(10)11)5(12(13)14)3-7(6)18(9,15)16/h2-3,8H,1H3. The van der Waals surface area contributed by atoms with E-state index in [4.69, 9.17) is 10.7 Å². The van der Waals surface area contributed by atoms with Gasteiger partial charge in [0.1, 0.15) is 10.6 Å². The third-order valence-electron chi connectivity index (χ3n) is 2.01. The second-order valence-electron chi connectivity index (χ2n) is 3.06. The van der Waals surface area contributed by atoms with Gasteiger partial charge in [-0.15, -0.1) is 0 Å². The maximum atomic E-state index is 12.6. The molecule has 0 aliphatic carbocycles. The van der Waals surface area contributed by atoms with Gasteiger partial charge in [-0.25, -0.2) is 17.2 Å². The molecule has 0 amide bonds. The number of nitro groups is 1. The summed E-state index contributed by atoms with van der Waals surface area (Å²) < 4.78 is 52.0. The van der Waals surface area contributed by atoms with E-state index in [1.165, 1.54) is 0 Å². The molecule has 1 rings (SSSR count). The lowest BCUT2D eigenvalue weighted by atomic mass is 10.2. The van der Waals surface area contributed by atoms with E-state index in [9.17, 15) is 27.3 Å². The maximum Gasteiger partial charge on any atom is 0.279 e. The summed E-state index contributed by atoms with van der Waals surface area (Å²) in [5.41, 5.74) is -1.98. The van der Waals surface area contributed by atoms with Crippen LogP contribution in [-0.2, 0) is 9.05 Å². The number of hydrogen-bond acceptors (Lipinski definition) is 5. The lowest BCUT2D eigenvalue weighted by Crippen LogP contribution is -2.02. The molecular formula is C8H6ClF2NO5S. The summed E-state index contributed by atoms with van der Waals surface area (Å²) >= 11 is 0. The summed E-state index contributed by atoms with van der Waals surface area (Å²) in [6.45, 7) is 0. The van der Waals surface area contributed by atoms with Crippen molar-refractivity contribution in [1.82, 2.24) is 0 Å². The first kappa shape index (κ1) is 14.6. The fourth-order valence-electron chi connectivity index (χ4n) is 1.25. The Bertz CT molecular complexity index is 589. The van der Waals surface area contributed by atoms with Crippen molar-refractivity contribution in [2.24, 2.45) is 0 Å². The molecule has 0 aliphatic heterocycles. The Morgan fingerprint density at radius 3 is 2.33 bits per heavy atom. The van der Waals surface area contributed by atoms with Crippen LogP contribution < -0.4 is 4.74 Å². The summed E-state index contributed by atoms with van der Waals surface area (Å²) in [6, 6.07) is 1.03. The molecule has 0 aliphatic rings.